The van der Waals surface area contributed by atoms with E-state index < -0.39 is 0 Å². The number of benzene rings is 1. The number of halogens is 1. The highest BCUT2D eigenvalue weighted by Gasteiger charge is 2.21. The van der Waals surface area contributed by atoms with E-state index in [9.17, 15) is 0 Å². The minimum Gasteiger partial charge on any atom is -0.493 e. The fraction of sp³-hybridized carbons (Fsp3) is 0.667. The summed E-state index contributed by atoms with van der Waals surface area (Å²) < 4.78 is 11.6. The normalized spacial score (nSPS) is 22.7. The van der Waals surface area contributed by atoms with Gasteiger partial charge in [0.05, 0.1) is 13.2 Å². The first-order chi connectivity index (χ1) is 10.8. The van der Waals surface area contributed by atoms with Crippen LogP contribution in [0.1, 0.15) is 50.5 Å². The van der Waals surface area contributed by atoms with Crippen molar-refractivity contribution >= 4 is 11.6 Å². The standard InChI is InChI=1S/C18H26ClNO2/c1-21-17-11-13(10-14-6-4-5-9-20-14)16(19)12-18(17)22-15-7-2-3-8-15/h11-12,14-15,20H,2-10H2,1H3. The van der Waals surface area contributed by atoms with Crippen molar-refractivity contribution in [3.8, 4) is 11.5 Å². The van der Waals surface area contributed by atoms with Gasteiger partial charge in [-0.25, -0.2) is 0 Å². The lowest BCUT2D eigenvalue weighted by Gasteiger charge is -2.24. The molecule has 2 fully saturated rings. The summed E-state index contributed by atoms with van der Waals surface area (Å²) in [5.74, 6) is 1.60. The van der Waals surface area contributed by atoms with Crippen molar-refractivity contribution in [3.05, 3.63) is 22.7 Å². The van der Waals surface area contributed by atoms with Gasteiger partial charge in [0.15, 0.2) is 11.5 Å². The molecule has 0 spiro atoms. The molecule has 1 saturated heterocycles. The predicted molar refractivity (Wildman–Crippen MR) is 90.2 cm³/mol. The molecule has 1 aliphatic heterocycles. The third kappa shape index (κ3) is 3.88. The second-order valence-electron chi connectivity index (χ2n) is 6.47. The maximum atomic E-state index is 6.50. The third-order valence-corrected chi connectivity index (χ3v) is 5.16. The molecular weight excluding hydrogens is 298 g/mol. The molecule has 1 heterocycles. The zero-order valence-electron chi connectivity index (χ0n) is 13.4. The summed E-state index contributed by atoms with van der Waals surface area (Å²) in [6.45, 7) is 1.11. The Labute approximate surface area is 138 Å². The number of piperidine rings is 1. The van der Waals surface area contributed by atoms with Crippen molar-refractivity contribution in [2.24, 2.45) is 0 Å². The quantitative estimate of drug-likeness (QED) is 0.873. The zero-order chi connectivity index (χ0) is 15.4. The maximum absolute atomic E-state index is 6.50. The lowest BCUT2D eigenvalue weighted by Crippen LogP contribution is -2.35. The van der Waals surface area contributed by atoms with Crippen molar-refractivity contribution in [3.63, 3.8) is 0 Å². The van der Waals surface area contributed by atoms with E-state index in [2.05, 4.69) is 11.4 Å². The first kappa shape index (κ1) is 15.9. The van der Waals surface area contributed by atoms with Gasteiger partial charge in [-0.15, -0.1) is 0 Å². The van der Waals surface area contributed by atoms with E-state index in [1.807, 2.05) is 6.07 Å². The van der Waals surface area contributed by atoms with Crippen LogP contribution < -0.4 is 14.8 Å². The van der Waals surface area contributed by atoms with Crippen LogP contribution in [0.25, 0.3) is 0 Å². The lowest BCUT2D eigenvalue weighted by molar-refractivity contribution is 0.200. The zero-order valence-corrected chi connectivity index (χ0v) is 14.1. The van der Waals surface area contributed by atoms with Gasteiger partial charge in [0.1, 0.15) is 0 Å². The fourth-order valence-electron chi connectivity index (χ4n) is 3.53. The van der Waals surface area contributed by atoms with E-state index >= 15 is 0 Å². The largest absolute Gasteiger partial charge is 0.493 e. The highest BCUT2D eigenvalue weighted by atomic mass is 35.5. The van der Waals surface area contributed by atoms with E-state index in [1.165, 1.54) is 32.1 Å². The molecule has 1 aromatic carbocycles. The Bertz CT molecular complexity index is 494. The molecule has 0 aromatic heterocycles. The Morgan fingerprint density at radius 2 is 1.86 bits per heavy atom. The SMILES string of the molecule is COc1cc(CC2CCCCN2)c(Cl)cc1OC1CCCC1. The highest BCUT2D eigenvalue weighted by Crippen LogP contribution is 2.36. The Morgan fingerprint density at radius 3 is 2.55 bits per heavy atom. The van der Waals surface area contributed by atoms with Crippen LogP contribution in [-0.2, 0) is 6.42 Å². The number of rotatable bonds is 5. The molecule has 4 heteroatoms. The van der Waals surface area contributed by atoms with Crippen molar-refractivity contribution in [2.45, 2.75) is 63.5 Å². The van der Waals surface area contributed by atoms with E-state index in [-0.39, 0.29) is 0 Å². The Balaban J connectivity index is 1.73. The molecule has 3 rings (SSSR count). The number of hydrogen-bond acceptors (Lipinski definition) is 3. The third-order valence-electron chi connectivity index (χ3n) is 4.81. The van der Waals surface area contributed by atoms with Crippen molar-refractivity contribution in [1.29, 1.82) is 0 Å². The minimum absolute atomic E-state index is 0.316. The van der Waals surface area contributed by atoms with Gasteiger partial charge < -0.3 is 14.8 Å². The van der Waals surface area contributed by atoms with Gasteiger partial charge in [-0.05, 0) is 63.1 Å². The number of hydrogen-bond donors (Lipinski definition) is 1. The van der Waals surface area contributed by atoms with E-state index in [0.717, 1.165) is 47.9 Å². The summed E-state index contributed by atoms with van der Waals surface area (Å²) in [6, 6.07) is 4.53. The first-order valence-electron chi connectivity index (χ1n) is 8.52. The number of nitrogens with one attached hydrogen (secondary N) is 1. The van der Waals surface area contributed by atoms with Crippen LogP contribution in [0.15, 0.2) is 12.1 Å². The molecule has 1 atom stereocenters. The molecule has 1 aromatic rings. The van der Waals surface area contributed by atoms with Gasteiger partial charge in [-0.2, -0.15) is 0 Å². The van der Waals surface area contributed by atoms with Gasteiger partial charge >= 0.3 is 0 Å². The number of methoxy groups -OCH3 is 1. The van der Waals surface area contributed by atoms with Crippen LogP contribution in [0, 0.1) is 0 Å². The predicted octanol–water partition coefficient (Wildman–Crippen LogP) is 4.35. The van der Waals surface area contributed by atoms with Crippen LogP contribution in [-0.4, -0.2) is 25.8 Å². The Kier molecular flexibility index (Phi) is 5.48. The summed E-state index contributed by atoms with van der Waals surface area (Å²) in [5.41, 5.74) is 1.15. The fourth-order valence-corrected chi connectivity index (χ4v) is 3.77. The molecule has 22 heavy (non-hydrogen) atoms. The summed E-state index contributed by atoms with van der Waals surface area (Å²) in [7, 11) is 1.70. The summed E-state index contributed by atoms with van der Waals surface area (Å²) in [6.07, 6.45) is 9.85. The van der Waals surface area contributed by atoms with Gasteiger partial charge in [-0.3, -0.25) is 0 Å². The molecule has 122 valence electrons. The molecule has 3 nitrogen and oxygen atoms in total. The molecule has 0 amide bonds. The Morgan fingerprint density at radius 1 is 1.09 bits per heavy atom. The van der Waals surface area contributed by atoms with E-state index in [4.69, 9.17) is 21.1 Å². The van der Waals surface area contributed by atoms with E-state index in [1.54, 1.807) is 7.11 Å². The molecule has 1 aliphatic carbocycles. The van der Waals surface area contributed by atoms with Crippen molar-refractivity contribution < 1.29 is 9.47 Å². The topological polar surface area (TPSA) is 30.5 Å². The van der Waals surface area contributed by atoms with Crippen LogP contribution in [0.4, 0.5) is 0 Å². The summed E-state index contributed by atoms with van der Waals surface area (Å²) in [5, 5.41) is 4.37. The molecule has 0 radical (unpaired) electrons. The maximum Gasteiger partial charge on any atom is 0.163 e. The average molecular weight is 324 g/mol. The van der Waals surface area contributed by atoms with Gasteiger partial charge in [-0.1, -0.05) is 18.0 Å². The summed E-state index contributed by atoms with van der Waals surface area (Å²) >= 11 is 6.50. The van der Waals surface area contributed by atoms with Gasteiger partial charge in [0, 0.05) is 17.1 Å². The molecule has 2 aliphatic rings. The number of ether oxygens (including phenoxy) is 2. The Hall–Kier alpha value is -0.930. The van der Waals surface area contributed by atoms with Crippen LogP contribution in [0.3, 0.4) is 0 Å². The van der Waals surface area contributed by atoms with Crippen LogP contribution in [0.2, 0.25) is 5.02 Å². The second kappa shape index (κ2) is 7.56. The summed E-state index contributed by atoms with van der Waals surface area (Å²) in [4.78, 5) is 0. The first-order valence-corrected chi connectivity index (χ1v) is 8.90. The van der Waals surface area contributed by atoms with Crippen molar-refractivity contribution in [1.82, 2.24) is 5.32 Å². The highest BCUT2D eigenvalue weighted by molar-refractivity contribution is 6.31. The molecular formula is C18H26ClNO2. The van der Waals surface area contributed by atoms with Crippen LogP contribution >= 0.6 is 11.6 Å². The molecule has 0 bridgehead atoms. The molecule has 1 unspecified atom stereocenters. The molecule has 1 N–H and O–H groups in total. The van der Waals surface area contributed by atoms with Crippen molar-refractivity contribution in [2.75, 3.05) is 13.7 Å². The van der Waals surface area contributed by atoms with Gasteiger partial charge in [0.2, 0.25) is 0 Å². The smallest absolute Gasteiger partial charge is 0.163 e. The molecule has 1 saturated carbocycles. The average Bonchev–Trinajstić information content (AvgIpc) is 3.04. The van der Waals surface area contributed by atoms with Gasteiger partial charge in [0.25, 0.3) is 0 Å². The van der Waals surface area contributed by atoms with E-state index in [0.29, 0.717) is 12.1 Å². The lowest BCUT2D eigenvalue weighted by atomic mass is 9.97. The monoisotopic (exact) mass is 323 g/mol. The van der Waals surface area contributed by atoms with Crippen LogP contribution in [0.5, 0.6) is 11.5 Å². The second-order valence-corrected chi connectivity index (χ2v) is 6.88. The minimum atomic E-state index is 0.316.